The third kappa shape index (κ3) is 4.34. The van der Waals surface area contributed by atoms with E-state index >= 15 is 0 Å². The summed E-state index contributed by atoms with van der Waals surface area (Å²) >= 11 is 0.992. The van der Waals surface area contributed by atoms with Crippen LogP contribution in [0.1, 0.15) is 36.0 Å². The van der Waals surface area contributed by atoms with E-state index in [0.29, 0.717) is 10.6 Å². The molecule has 2 amide bonds. The molecule has 0 aromatic carbocycles. The van der Waals surface area contributed by atoms with Crippen molar-refractivity contribution in [2.75, 3.05) is 11.9 Å². The van der Waals surface area contributed by atoms with Gasteiger partial charge in [-0.15, -0.1) is 11.3 Å². The molecular weight excluding hydrogens is 280 g/mol. The van der Waals surface area contributed by atoms with Gasteiger partial charge in [0.2, 0.25) is 11.8 Å². The Labute approximate surface area is 121 Å². The van der Waals surface area contributed by atoms with Crippen LogP contribution in [0.25, 0.3) is 0 Å². The molecule has 0 aliphatic heterocycles. The highest BCUT2D eigenvalue weighted by molar-refractivity contribution is 7.18. The Hall–Kier alpha value is -1.89. The van der Waals surface area contributed by atoms with Crippen molar-refractivity contribution in [2.45, 2.75) is 27.7 Å². The zero-order chi connectivity index (χ0) is 15.5. The van der Waals surface area contributed by atoms with Crippen LogP contribution in [0.4, 0.5) is 5.00 Å². The molecule has 1 rings (SSSR count). The van der Waals surface area contributed by atoms with Gasteiger partial charge < -0.3 is 15.7 Å². The topological polar surface area (TPSA) is 95.5 Å². The molecule has 3 N–H and O–H groups in total. The van der Waals surface area contributed by atoms with Gasteiger partial charge >= 0.3 is 5.97 Å². The lowest BCUT2D eigenvalue weighted by Crippen LogP contribution is -2.39. The van der Waals surface area contributed by atoms with Crippen molar-refractivity contribution in [3.63, 3.8) is 0 Å². The van der Waals surface area contributed by atoms with Crippen LogP contribution in [0.5, 0.6) is 0 Å². The summed E-state index contributed by atoms with van der Waals surface area (Å²) in [5, 5.41) is 14.5. The monoisotopic (exact) mass is 298 g/mol. The second-order valence-electron chi connectivity index (χ2n) is 5.41. The molecule has 0 unspecified atom stereocenters. The fourth-order valence-electron chi connectivity index (χ4n) is 1.36. The number of rotatable bonds is 4. The number of carbonyl (C=O) groups excluding carboxylic acids is 2. The van der Waals surface area contributed by atoms with Crippen molar-refractivity contribution in [3.8, 4) is 0 Å². The largest absolute Gasteiger partial charge is 0.477 e. The highest BCUT2D eigenvalue weighted by Gasteiger charge is 2.21. The molecule has 0 aliphatic carbocycles. The number of aromatic carboxylic acids is 1. The van der Waals surface area contributed by atoms with Crippen molar-refractivity contribution in [1.82, 2.24) is 5.32 Å². The maximum Gasteiger partial charge on any atom is 0.346 e. The molecule has 0 fully saturated rings. The summed E-state index contributed by atoms with van der Waals surface area (Å²) < 4.78 is 0. The molecule has 110 valence electrons. The Bertz CT molecular complexity index is 543. The summed E-state index contributed by atoms with van der Waals surface area (Å²) in [6, 6.07) is 1.59. The maximum absolute atomic E-state index is 11.7. The first-order valence-corrected chi connectivity index (χ1v) is 6.85. The predicted octanol–water partition coefficient (Wildman–Crippen LogP) is 1.86. The van der Waals surface area contributed by atoms with Crippen LogP contribution in [0.15, 0.2) is 6.07 Å². The van der Waals surface area contributed by atoms with Crippen molar-refractivity contribution in [2.24, 2.45) is 5.41 Å². The quantitative estimate of drug-likeness (QED) is 0.790. The predicted molar refractivity (Wildman–Crippen MR) is 77.1 cm³/mol. The number of carboxylic acids is 1. The van der Waals surface area contributed by atoms with Crippen LogP contribution >= 0.6 is 11.3 Å². The van der Waals surface area contributed by atoms with E-state index in [1.54, 1.807) is 33.8 Å². The standard InChI is InChI=1S/C13H18N2O4S/c1-7-5-9(20-10(7)11(17)18)15-8(16)6-14-12(19)13(2,3)4/h5H,6H2,1-4H3,(H,14,19)(H,15,16)(H,17,18). The number of anilines is 1. The number of aryl methyl sites for hydroxylation is 1. The van der Waals surface area contributed by atoms with Crippen molar-refractivity contribution in [1.29, 1.82) is 0 Å². The van der Waals surface area contributed by atoms with Crippen LogP contribution in [0.2, 0.25) is 0 Å². The molecule has 0 atom stereocenters. The summed E-state index contributed by atoms with van der Waals surface area (Å²) in [5.74, 6) is -1.63. The van der Waals surface area contributed by atoms with Gasteiger partial charge in [-0.25, -0.2) is 4.79 Å². The van der Waals surface area contributed by atoms with Crippen LogP contribution in [0, 0.1) is 12.3 Å². The van der Waals surface area contributed by atoms with E-state index in [1.165, 1.54) is 0 Å². The number of amides is 2. The number of hydrogen-bond donors (Lipinski definition) is 3. The minimum absolute atomic E-state index is 0.143. The number of thiophene rings is 1. The maximum atomic E-state index is 11.7. The Morgan fingerprint density at radius 3 is 2.35 bits per heavy atom. The van der Waals surface area contributed by atoms with E-state index in [9.17, 15) is 14.4 Å². The first kappa shape index (κ1) is 16.2. The molecule has 0 saturated carbocycles. The molecule has 0 bridgehead atoms. The van der Waals surface area contributed by atoms with E-state index < -0.39 is 11.4 Å². The first-order chi connectivity index (χ1) is 9.11. The summed E-state index contributed by atoms with van der Waals surface area (Å²) in [4.78, 5) is 34.4. The van der Waals surface area contributed by atoms with Crippen LogP contribution in [-0.2, 0) is 9.59 Å². The lowest BCUT2D eigenvalue weighted by atomic mass is 9.96. The van der Waals surface area contributed by atoms with Crippen molar-refractivity contribution >= 4 is 34.1 Å². The fraction of sp³-hybridized carbons (Fsp3) is 0.462. The summed E-state index contributed by atoms with van der Waals surface area (Å²) in [6.45, 7) is 6.78. The number of nitrogens with one attached hydrogen (secondary N) is 2. The molecule has 0 radical (unpaired) electrons. The first-order valence-electron chi connectivity index (χ1n) is 6.03. The summed E-state index contributed by atoms with van der Waals surface area (Å²) in [7, 11) is 0. The number of hydrogen-bond acceptors (Lipinski definition) is 4. The highest BCUT2D eigenvalue weighted by Crippen LogP contribution is 2.26. The van der Waals surface area contributed by atoms with E-state index in [0.717, 1.165) is 11.3 Å². The zero-order valence-corrected chi connectivity index (χ0v) is 12.7. The Morgan fingerprint density at radius 2 is 1.90 bits per heavy atom. The van der Waals surface area contributed by atoms with Gasteiger partial charge in [0.1, 0.15) is 4.88 Å². The Morgan fingerprint density at radius 1 is 1.30 bits per heavy atom. The normalized spacial score (nSPS) is 11.0. The molecule has 0 saturated heterocycles. The van der Waals surface area contributed by atoms with Gasteiger partial charge in [-0.05, 0) is 18.6 Å². The molecule has 1 aromatic heterocycles. The molecule has 1 aromatic rings. The average Bonchev–Trinajstić information content (AvgIpc) is 2.65. The van der Waals surface area contributed by atoms with Gasteiger partial charge in [0.25, 0.3) is 0 Å². The second kappa shape index (κ2) is 6.04. The Balaban J connectivity index is 2.57. The van der Waals surface area contributed by atoms with E-state index in [1.807, 2.05) is 0 Å². The SMILES string of the molecule is Cc1cc(NC(=O)CNC(=O)C(C)(C)C)sc1C(=O)O. The van der Waals surface area contributed by atoms with Gasteiger partial charge in [-0.2, -0.15) is 0 Å². The van der Waals surface area contributed by atoms with E-state index in [-0.39, 0.29) is 23.2 Å². The van der Waals surface area contributed by atoms with Gasteiger partial charge in [-0.3, -0.25) is 9.59 Å². The lowest BCUT2D eigenvalue weighted by Gasteiger charge is -2.17. The van der Waals surface area contributed by atoms with Gasteiger partial charge in [-0.1, -0.05) is 20.8 Å². The molecule has 0 aliphatic rings. The smallest absolute Gasteiger partial charge is 0.346 e. The highest BCUT2D eigenvalue weighted by atomic mass is 32.1. The molecule has 20 heavy (non-hydrogen) atoms. The third-order valence-electron chi connectivity index (χ3n) is 2.47. The van der Waals surface area contributed by atoms with Crippen molar-refractivity contribution < 1.29 is 19.5 Å². The fourth-order valence-corrected chi connectivity index (χ4v) is 2.29. The number of carboxylic acid groups (broad SMARTS) is 1. The van der Waals surface area contributed by atoms with Gasteiger partial charge in [0.05, 0.1) is 11.5 Å². The summed E-state index contributed by atoms with van der Waals surface area (Å²) in [6.07, 6.45) is 0. The molecular formula is C13H18N2O4S. The minimum Gasteiger partial charge on any atom is -0.477 e. The van der Waals surface area contributed by atoms with Gasteiger partial charge in [0.15, 0.2) is 0 Å². The lowest BCUT2D eigenvalue weighted by molar-refractivity contribution is -0.130. The number of carbonyl (C=O) groups is 3. The van der Waals surface area contributed by atoms with Crippen molar-refractivity contribution in [3.05, 3.63) is 16.5 Å². The third-order valence-corrected chi connectivity index (χ3v) is 3.61. The Kier molecular flexibility index (Phi) is 4.88. The zero-order valence-electron chi connectivity index (χ0n) is 11.9. The summed E-state index contributed by atoms with van der Waals surface area (Å²) in [5.41, 5.74) is 0.0348. The average molecular weight is 298 g/mol. The molecule has 6 nitrogen and oxygen atoms in total. The van der Waals surface area contributed by atoms with Gasteiger partial charge in [0, 0.05) is 5.41 Å². The molecule has 7 heteroatoms. The molecule has 0 spiro atoms. The molecule has 1 heterocycles. The second-order valence-corrected chi connectivity index (χ2v) is 6.46. The van der Waals surface area contributed by atoms with E-state index in [4.69, 9.17) is 5.11 Å². The van der Waals surface area contributed by atoms with Crippen LogP contribution in [0.3, 0.4) is 0 Å². The van der Waals surface area contributed by atoms with E-state index in [2.05, 4.69) is 10.6 Å². The minimum atomic E-state index is -1.02. The van der Waals surface area contributed by atoms with Crippen LogP contribution in [-0.4, -0.2) is 29.4 Å². The van der Waals surface area contributed by atoms with Crippen LogP contribution < -0.4 is 10.6 Å².